The first-order valence-corrected chi connectivity index (χ1v) is 18.8. The molecule has 1 saturated heterocycles. The topological polar surface area (TPSA) is 64.1 Å². The van der Waals surface area contributed by atoms with Crippen molar-refractivity contribution < 1.29 is 19.0 Å². The van der Waals surface area contributed by atoms with Crippen LogP contribution in [0.25, 0.3) is 6.08 Å². The van der Waals surface area contributed by atoms with E-state index < -0.39 is 0 Å². The number of aryl methyl sites for hydroxylation is 2. The molecule has 1 aliphatic carbocycles. The Morgan fingerprint density at radius 3 is 2.19 bits per heavy atom. The smallest absolute Gasteiger partial charge is 0.246 e. The summed E-state index contributed by atoms with van der Waals surface area (Å²) in [6.07, 6.45) is 8.59. The zero-order valence-electron chi connectivity index (χ0n) is 30.5. The van der Waals surface area contributed by atoms with Crippen molar-refractivity contribution in [2.75, 3.05) is 32.8 Å². The zero-order chi connectivity index (χ0) is 36.6. The molecule has 53 heavy (non-hydrogen) atoms. The van der Waals surface area contributed by atoms with Gasteiger partial charge in [0.15, 0.2) is 5.75 Å². The molecule has 0 bridgehead atoms. The second-order valence-electron chi connectivity index (χ2n) is 14.1. The summed E-state index contributed by atoms with van der Waals surface area (Å²) in [6.45, 7) is 9.03. The molecule has 1 amide bonds. The van der Waals surface area contributed by atoms with Gasteiger partial charge in [0.1, 0.15) is 18.1 Å². The van der Waals surface area contributed by atoms with E-state index in [-0.39, 0.29) is 5.91 Å². The number of aromatic nitrogens is 1. The number of carbonyl (C=O) groups excluding carboxylic acids is 1. The molecule has 0 unspecified atom stereocenters. The van der Waals surface area contributed by atoms with Crippen molar-refractivity contribution in [1.29, 1.82) is 0 Å². The van der Waals surface area contributed by atoms with Crippen LogP contribution >= 0.6 is 11.6 Å². The van der Waals surface area contributed by atoms with Gasteiger partial charge in [-0.3, -0.25) is 9.69 Å². The van der Waals surface area contributed by atoms with Crippen molar-refractivity contribution in [3.63, 3.8) is 0 Å². The Bertz CT molecular complexity index is 1980. The number of carbonyl (C=O) groups is 1. The summed E-state index contributed by atoms with van der Waals surface area (Å²) in [5, 5.41) is 0.447. The lowest BCUT2D eigenvalue weighted by Gasteiger charge is -2.34. The van der Waals surface area contributed by atoms with Crippen molar-refractivity contribution in [2.24, 2.45) is 0 Å². The average molecular weight is 728 g/mol. The fraction of sp³-hybridized carbons (Fsp3) is 0.289. The van der Waals surface area contributed by atoms with E-state index in [9.17, 15) is 4.79 Å². The van der Waals surface area contributed by atoms with Gasteiger partial charge in [0.2, 0.25) is 11.8 Å². The van der Waals surface area contributed by atoms with Crippen LogP contribution in [0.3, 0.4) is 0 Å². The summed E-state index contributed by atoms with van der Waals surface area (Å²) >= 11 is 6.64. The molecule has 2 heterocycles. The van der Waals surface area contributed by atoms with Crippen LogP contribution in [0.2, 0.25) is 5.02 Å². The quantitative estimate of drug-likeness (QED) is 0.106. The fourth-order valence-electron chi connectivity index (χ4n) is 6.46. The highest BCUT2D eigenvalue weighted by molar-refractivity contribution is 6.32. The van der Waals surface area contributed by atoms with Crippen LogP contribution in [0.5, 0.6) is 23.1 Å². The van der Waals surface area contributed by atoms with Gasteiger partial charge in [-0.05, 0) is 102 Å². The number of amides is 1. The lowest BCUT2D eigenvalue weighted by Crippen LogP contribution is -2.47. The largest absolute Gasteiger partial charge is 0.493 e. The second kappa shape index (κ2) is 17.1. The van der Waals surface area contributed by atoms with Crippen molar-refractivity contribution in [3.05, 3.63) is 153 Å². The molecule has 7 rings (SSSR count). The first-order chi connectivity index (χ1) is 25.8. The van der Waals surface area contributed by atoms with Gasteiger partial charge in [-0.15, -0.1) is 0 Å². The van der Waals surface area contributed by atoms with Crippen LogP contribution in [-0.2, 0) is 24.4 Å². The molecule has 272 valence electrons. The third kappa shape index (κ3) is 10.3. The van der Waals surface area contributed by atoms with Crippen LogP contribution in [0, 0.1) is 13.8 Å². The van der Waals surface area contributed by atoms with E-state index in [1.165, 1.54) is 35.1 Å². The maximum atomic E-state index is 13.1. The molecule has 0 atom stereocenters. The number of hydrogen-bond donors (Lipinski definition) is 0. The van der Waals surface area contributed by atoms with Gasteiger partial charge in [-0.25, -0.2) is 4.98 Å². The van der Waals surface area contributed by atoms with Crippen molar-refractivity contribution in [2.45, 2.75) is 52.2 Å². The zero-order valence-corrected chi connectivity index (χ0v) is 31.2. The predicted octanol–water partition coefficient (Wildman–Crippen LogP) is 9.58. The van der Waals surface area contributed by atoms with Crippen molar-refractivity contribution >= 4 is 23.6 Å². The molecule has 7 nitrogen and oxygen atoms in total. The molecular formula is C45H46ClN3O4. The van der Waals surface area contributed by atoms with Gasteiger partial charge in [-0.1, -0.05) is 77.8 Å². The lowest BCUT2D eigenvalue weighted by atomic mass is 10.1. The molecule has 1 aromatic heterocycles. The fourth-order valence-corrected chi connectivity index (χ4v) is 6.77. The maximum absolute atomic E-state index is 13.1. The number of halogens is 1. The minimum atomic E-state index is -0.00179. The Labute approximate surface area is 317 Å². The first-order valence-electron chi connectivity index (χ1n) is 18.5. The molecular weight excluding hydrogens is 682 g/mol. The Balaban J connectivity index is 0.829. The van der Waals surface area contributed by atoms with Crippen molar-refractivity contribution in [3.8, 4) is 23.1 Å². The molecule has 0 radical (unpaired) electrons. The van der Waals surface area contributed by atoms with Crippen LogP contribution in [0.4, 0.5) is 0 Å². The summed E-state index contributed by atoms with van der Waals surface area (Å²) in [6, 6.07) is 33.0. The van der Waals surface area contributed by atoms with Crippen LogP contribution in [-0.4, -0.2) is 53.5 Å². The lowest BCUT2D eigenvalue weighted by molar-refractivity contribution is -0.127. The molecule has 5 aromatic rings. The molecule has 1 aliphatic heterocycles. The van der Waals surface area contributed by atoms with E-state index in [1.54, 1.807) is 24.4 Å². The standard InChI is InChI=1S/C45H46ClN3O4/c1-32-3-5-36(6-4-32)31-52-41-18-19-43(47-29-41)53-45-33(2)27-37(28-42(45)46)11-20-44(50)49-24-22-48(23-25-49)30-35-9-7-34(8-10-35)21-26-51-40-16-14-39(15-17-40)38-12-13-38/h3-11,14-20,27-29,38H,12-13,21-26,30-31H2,1-2H3/b20-11+. The summed E-state index contributed by atoms with van der Waals surface area (Å²) in [7, 11) is 0. The average Bonchev–Trinajstić information content (AvgIpc) is 4.03. The number of benzene rings is 4. The third-order valence-electron chi connectivity index (χ3n) is 9.81. The van der Waals surface area contributed by atoms with E-state index in [4.69, 9.17) is 25.8 Å². The number of piperazine rings is 1. The predicted molar refractivity (Wildman–Crippen MR) is 211 cm³/mol. The molecule has 0 spiro atoms. The van der Waals surface area contributed by atoms with Gasteiger partial charge in [0.05, 0.1) is 17.8 Å². The third-order valence-corrected chi connectivity index (χ3v) is 10.1. The van der Waals surface area contributed by atoms with Crippen LogP contribution < -0.4 is 14.2 Å². The molecule has 4 aromatic carbocycles. The highest BCUT2D eigenvalue weighted by Crippen LogP contribution is 2.40. The maximum Gasteiger partial charge on any atom is 0.246 e. The van der Waals surface area contributed by atoms with Crippen LogP contribution in [0.1, 0.15) is 57.7 Å². The van der Waals surface area contributed by atoms with Gasteiger partial charge >= 0.3 is 0 Å². The van der Waals surface area contributed by atoms with E-state index >= 15 is 0 Å². The van der Waals surface area contributed by atoms with Crippen molar-refractivity contribution in [1.82, 2.24) is 14.8 Å². The summed E-state index contributed by atoms with van der Waals surface area (Å²) in [5.74, 6) is 3.30. The Morgan fingerprint density at radius 2 is 1.51 bits per heavy atom. The number of ether oxygens (including phenoxy) is 3. The van der Waals surface area contributed by atoms with Gasteiger partial charge in [-0.2, -0.15) is 0 Å². The summed E-state index contributed by atoms with van der Waals surface area (Å²) in [5.41, 5.74) is 7.96. The summed E-state index contributed by atoms with van der Waals surface area (Å²) in [4.78, 5) is 21.8. The second-order valence-corrected chi connectivity index (χ2v) is 14.5. The van der Waals surface area contributed by atoms with E-state index in [0.717, 1.165) is 54.4 Å². The minimum absolute atomic E-state index is 0.00179. The Morgan fingerprint density at radius 1 is 0.811 bits per heavy atom. The number of rotatable bonds is 14. The van der Waals surface area contributed by atoms with Gasteiger partial charge in [0.25, 0.3) is 0 Å². The number of hydrogen-bond acceptors (Lipinski definition) is 6. The highest BCUT2D eigenvalue weighted by Gasteiger charge is 2.23. The number of pyridine rings is 1. The summed E-state index contributed by atoms with van der Waals surface area (Å²) < 4.78 is 17.9. The van der Waals surface area contributed by atoms with E-state index in [0.29, 0.717) is 48.7 Å². The van der Waals surface area contributed by atoms with E-state index in [1.807, 2.05) is 30.0 Å². The first kappa shape index (κ1) is 36.3. The molecule has 1 saturated carbocycles. The molecule has 2 aliphatic rings. The minimum Gasteiger partial charge on any atom is -0.493 e. The highest BCUT2D eigenvalue weighted by atomic mass is 35.5. The molecule has 2 fully saturated rings. The Hall–Kier alpha value is -5.11. The van der Waals surface area contributed by atoms with Crippen LogP contribution in [0.15, 0.2) is 109 Å². The molecule has 0 N–H and O–H groups in total. The van der Waals surface area contributed by atoms with E-state index in [2.05, 4.69) is 89.6 Å². The monoisotopic (exact) mass is 727 g/mol. The Kier molecular flexibility index (Phi) is 11.7. The SMILES string of the molecule is Cc1ccc(COc2ccc(Oc3c(C)cc(/C=C/C(=O)N4CCN(Cc5ccc(CCOc6ccc(C7CC7)cc6)cc5)CC4)cc3Cl)nc2)cc1. The number of nitrogens with zero attached hydrogens (tertiary/aromatic N) is 3. The van der Waals surface area contributed by atoms with Gasteiger partial charge < -0.3 is 19.1 Å². The van der Waals surface area contributed by atoms with Gasteiger partial charge in [0, 0.05) is 51.3 Å². The molecule has 8 heteroatoms. The normalized spacial score (nSPS) is 14.7.